The first-order chi connectivity index (χ1) is 12.5. The quantitative estimate of drug-likeness (QED) is 0.175. The maximum absolute atomic E-state index is 11.4. The summed E-state index contributed by atoms with van der Waals surface area (Å²) < 4.78 is -0.138. The molecule has 4 N–H and O–H groups in total. The predicted molar refractivity (Wildman–Crippen MR) is 96.6 cm³/mol. The molecule has 9 heteroatoms. The number of carbonyl (C=O) groups excluding carboxylic acids is 3. The highest BCUT2D eigenvalue weighted by molar-refractivity contribution is 6.20. The third-order valence-electron chi connectivity index (χ3n) is 4.01. The molecule has 2 heterocycles. The molecule has 0 fully saturated rings. The van der Waals surface area contributed by atoms with Crippen molar-refractivity contribution in [2.45, 2.75) is 0 Å². The highest BCUT2D eigenvalue weighted by Crippen LogP contribution is 2.24. The predicted octanol–water partition coefficient (Wildman–Crippen LogP) is -1.25. The highest BCUT2D eigenvalue weighted by Gasteiger charge is 2.36. The van der Waals surface area contributed by atoms with E-state index in [1.54, 1.807) is 36.7 Å². The van der Waals surface area contributed by atoms with Crippen LogP contribution in [0, 0.1) is 0 Å². The third kappa shape index (κ3) is 3.65. The molecule has 0 saturated heterocycles. The van der Waals surface area contributed by atoms with Gasteiger partial charge in [-0.05, 0) is 12.1 Å². The van der Waals surface area contributed by atoms with Crippen molar-refractivity contribution in [3.05, 3.63) is 78.1 Å². The maximum Gasteiger partial charge on any atom is 0.429 e. The number of quaternary nitrogens is 1. The van der Waals surface area contributed by atoms with Crippen molar-refractivity contribution in [1.29, 1.82) is 0 Å². The molecule has 0 aromatic heterocycles. The summed E-state index contributed by atoms with van der Waals surface area (Å²) >= 11 is 0. The van der Waals surface area contributed by atoms with Gasteiger partial charge in [-0.15, -0.1) is 4.48 Å². The van der Waals surface area contributed by atoms with E-state index in [-0.39, 0.29) is 28.5 Å². The molecule has 4 rings (SSSR count). The molecule has 138 valence electrons. The number of aliphatic imine (C=N–C) groups is 1. The molecule has 8 nitrogen and oxygen atoms in total. The van der Waals surface area contributed by atoms with Crippen LogP contribution in [-0.4, -0.2) is 29.2 Å². The van der Waals surface area contributed by atoms with E-state index in [0.717, 1.165) is 5.69 Å². The molecular weight excluding hydrogens is 461 g/mol. The fraction of sp³-hybridized carbons (Fsp3) is 0. The molecule has 27 heavy (non-hydrogen) atoms. The Balaban J connectivity index is 0.000000189. The summed E-state index contributed by atoms with van der Waals surface area (Å²) in [5, 5.41) is 0.630. The molecule has 0 saturated carbocycles. The van der Waals surface area contributed by atoms with Gasteiger partial charge >= 0.3 is 6.03 Å². The molecule has 0 spiro atoms. The number of hydrogen-bond acceptors (Lipinski definition) is 5. The Labute approximate surface area is 172 Å². The van der Waals surface area contributed by atoms with Gasteiger partial charge in [-0.1, -0.05) is 30.3 Å². The van der Waals surface area contributed by atoms with Crippen LogP contribution in [0.4, 0.5) is 10.5 Å². The Hall–Kier alpha value is -2.89. The second kappa shape index (κ2) is 8.20. The van der Waals surface area contributed by atoms with Gasteiger partial charge in [0.25, 0.3) is 11.8 Å². The van der Waals surface area contributed by atoms with E-state index in [0.29, 0.717) is 16.1 Å². The number of para-hydroxylation sites is 1. The van der Waals surface area contributed by atoms with Gasteiger partial charge in [-0.25, -0.2) is 20.6 Å². The fourth-order valence-electron chi connectivity index (χ4n) is 2.62. The van der Waals surface area contributed by atoms with Gasteiger partial charge in [0.2, 0.25) is 6.34 Å². The second-order valence-electron chi connectivity index (χ2n) is 5.54. The number of fused-ring (bicyclic) bond motifs is 1. The van der Waals surface area contributed by atoms with Crippen LogP contribution in [0.2, 0.25) is 0 Å². The van der Waals surface area contributed by atoms with Gasteiger partial charge in [0.05, 0.1) is 17.3 Å². The van der Waals surface area contributed by atoms with Gasteiger partial charge in [0.1, 0.15) is 6.20 Å². The molecule has 2 aromatic rings. The van der Waals surface area contributed by atoms with Crippen molar-refractivity contribution in [2.24, 2.45) is 16.6 Å². The number of primary amides is 1. The summed E-state index contributed by atoms with van der Waals surface area (Å²) in [6.45, 7) is 0. The SMILES string of the molecule is NC(=O)[N+]1(c2ccccc2)C=CN=C1.NN1C(=O)c2ccccc2C1=O.[I-]. The van der Waals surface area contributed by atoms with Crippen LogP contribution in [0.3, 0.4) is 0 Å². The van der Waals surface area contributed by atoms with Crippen molar-refractivity contribution in [3.63, 3.8) is 0 Å². The lowest BCUT2D eigenvalue weighted by Gasteiger charge is -2.20. The highest BCUT2D eigenvalue weighted by atomic mass is 127. The minimum Gasteiger partial charge on any atom is -1.00 e. The smallest absolute Gasteiger partial charge is 0.429 e. The monoisotopic (exact) mass is 477 g/mol. The molecule has 1 atom stereocenters. The summed E-state index contributed by atoms with van der Waals surface area (Å²) in [6.07, 6.45) is 4.73. The lowest BCUT2D eigenvalue weighted by molar-refractivity contribution is -0.0000307. The van der Waals surface area contributed by atoms with E-state index >= 15 is 0 Å². The van der Waals surface area contributed by atoms with E-state index in [1.807, 2.05) is 30.3 Å². The Kier molecular flexibility index (Phi) is 6.20. The Bertz CT molecular complexity index is 896. The van der Waals surface area contributed by atoms with Crippen molar-refractivity contribution in [1.82, 2.24) is 9.49 Å². The molecule has 1 unspecified atom stereocenters. The van der Waals surface area contributed by atoms with Crippen molar-refractivity contribution >= 4 is 29.9 Å². The first kappa shape index (κ1) is 20.4. The van der Waals surface area contributed by atoms with Gasteiger partial charge in [-0.3, -0.25) is 9.59 Å². The van der Waals surface area contributed by atoms with E-state index in [4.69, 9.17) is 11.6 Å². The lowest BCUT2D eigenvalue weighted by atomic mass is 10.1. The second-order valence-corrected chi connectivity index (χ2v) is 5.54. The molecule has 2 aromatic carbocycles. The number of urea groups is 1. The number of halogens is 1. The maximum atomic E-state index is 11.4. The number of hydrogen-bond donors (Lipinski definition) is 2. The van der Waals surface area contributed by atoms with Crippen LogP contribution in [-0.2, 0) is 0 Å². The average Bonchev–Trinajstić information content (AvgIpc) is 3.25. The zero-order chi connectivity index (χ0) is 18.7. The lowest BCUT2D eigenvalue weighted by Crippen LogP contribution is -3.00. The van der Waals surface area contributed by atoms with Crippen LogP contribution in [0.15, 0.2) is 72.0 Å². The van der Waals surface area contributed by atoms with Crippen LogP contribution < -0.4 is 40.0 Å². The molecule has 2 aliphatic rings. The zero-order valence-corrected chi connectivity index (χ0v) is 16.2. The van der Waals surface area contributed by atoms with E-state index in [1.165, 1.54) is 6.34 Å². The standard InChI is InChI=1S/C10H9N3O.C8H6N2O2.HI/c11-10(14)13(7-6-12-8-13)9-4-2-1-3-5-9;9-10-7(11)5-3-1-2-4-6(5)8(10)12;/h1-8H,(H-,11,14);1-4H,9H2;1H. The summed E-state index contributed by atoms with van der Waals surface area (Å²) in [4.78, 5) is 37.7. The largest absolute Gasteiger partial charge is 1.00 e. The number of nitrogens with zero attached hydrogens (tertiary/aromatic N) is 3. The first-order valence-corrected chi connectivity index (χ1v) is 7.66. The van der Waals surface area contributed by atoms with E-state index in [2.05, 4.69) is 4.99 Å². The van der Waals surface area contributed by atoms with E-state index in [9.17, 15) is 14.4 Å². The normalized spacial score (nSPS) is 19.2. The summed E-state index contributed by atoms with van der Waals surface area (Å²) in [5.74, 6) is 4.34. The molecule has 2 aliphatic heterocycles. The van der Waals surface area contributed by atoms with Crippen LogP contribution in [0.5, 0.6) is 0 Å². The molecule has 4 amide bonds. The van der Waals surface area contributed by atoms with E-state index < -0.39 is 17.8 Å². The first-order valence-electron chi connectivity index (χ1n) is 7.66. The molecular formula is C18H16IN5O3. The molecule has 0 aliphatic carbocycles. The van der Waals surface area contributed by atoms with Crippen molar-refractivity contribution < 1.29 is 38.4 Å². The molecule has 0 radical (unpaired) electrons. The minimum absolute atomic E-state index is 0. The number of carbonyl (C=O) groups is 3. The number of hydrazine groups is 1. The van der Waals surface area contributed by atoms with Crippen molar-refractivity contribution in [3.8, 4) is 0 Å². The number of benzene rings is 2. The third-order valence-corrected chi connectivity index (χ3v) is 4.01. The summed E-state index contributed by atoms with van der Waals surface area (Å²) in [7, 11) is 0. The topological polar surface area (TPSA) is 119 Å². The number of imide groups is 1. The zero-order valence-electron chi connectivity index (χ0n) is 14.0. The number of nitrogens with two attached hydrogens (primary N) is 2. The van der Waals surface area contributed by atoms with Crippen LogP contribution in [0.1, 0.15) is 20.7 Å². The number of amides is 4. The van der Waals surface area contributed by atoms with Gasteiger partial charge in [0, 0.05) is 12.1 Å². The number of rotatable bonds is 1. The summed E-state index contributed by atoms with van der Waals surface area (Å²) in [5.41, 5.74) is 6.90. The Morgan fingerprint density at radius 3 is 1.89 bits per heavy atom. The van der Waals surface area contributed by atoms with Gasteiger partial charge < -0.3 is 29.7 Å². The van der Waals surface area contributed by atoms with Gasteiger partial charge in [-0.2, -0.15) is 0 Å². The van der Waals surface area contributed by atoms with Crippen LogP contribution >= 0.6 is 0 Å². The fourth-order valence-corrected chi connectivity index (χ4v) is 2.62. The Morgan fingerprint density at radius 1 is 0.926 bits per heavy atom. The molecule has 0 bridgehead atoms. The van der Waals surface area contributed by atoms with Crippen LogP contribution in [0.25, 0.3) is 0 Å². The van der Waals surface area contributed by atoms with Gasteiger partial charge in [0.15, 0.2) is 5.69 Å². The van der Waals surface area contributed by atoms with Crippen molar-refractivity contribution in [2.75, 3.05) is 0 Å². The Morgan fingerprint density at radius 2 is 1.44 bits per heavy atom. The average molecular weight is 477 g/mol. The minimum atomic E-state index is -0.464. The summed E-state index contributed by atoms with van der Waals surface area (Å²) in [6, 6.07) is 15.4.